The van der Waals surface area contributed by atoms with Gasteiger partial charge >= 0.3 is 0 Å². The molecular formula is C20H19N5O3S. The minimum Gasteiger partial charge on any atom is -0.493 e. The van der Waals surface area contributed by atoms with E-state index >= 15 is 0 Å². The van der Waals surface area contributed by atoms with Gasteiger partial charge in [-0.1, -0.05) is 0 Å². The average Bonchev–Trinajstić information content (AvgIpc) is 3.33. The maximum absolute atomic E-state index is 12.6. The summed E-state index contributed by atoms with van der Waals surface area (Å²) in [5, 5.41) is 10.5. The Labute approximate surface area is 171 Å². The quantitative estimate of drug-likeness (QED) is 0.541. The van der Waals surface area contributed by atoms with Gasteiger partial charge < -0.3 is 14.8 Å². The van der Waals surface area contributed by atoms with E-state index in [4.69, 9.17) is 9.47 Å². The lowest BCUT2D eigenvalue weighted by molar-refractivity contribution is 0.102. The number of rotatable bonds is 5. The average molecular weight is 409 g/mol. The van der Waals surface area contributed by atoms with E-state index in [2.05, 4.69) is 20.4 Å². The van der Waals surface area contributed by atoms with E-state index in [0.29, 0.717) is 27.9 Å². The molecule has 0 radical (unpaired) electrons. The molecule has 0 atom stereocenters. The van der Waals surface area contributed by atoms with Crippen molar-refractivity contribution in [3.8, 4) is 22.1 Å². The number of ether oxygens (including phenoxy) is 2. The van der Waals surface area contributed by atoms with Crippen molar-refractivity contribution >= 4 is 34.0 Å². The zero-order valence-electron chi connectivity index (χ0n) is 16.4. The predicted octanol–water partition coefficient (Wildman–Crippen LogP) is 3.67. The molecule has 1 aromatic carbocycles. The van der Waals surface area contributed by atoms with Crippen molar-refractivity contribution in [2.45, 2.75) is 6.92 Å². The van der Waals surface area contributed by atoms with E-state index in [1.165, 1.54) is 11.3 Å². The molecule has 4 aromatic rings. The SMILES string of the molecule is COc1ccc(-c2nc(C(=O)Nc3cnc4c(c3)c(C)nn4C)cs2)cc1OC. The van der Waals surface area contributed by atoms with Crippen molar-refractivity contribution in [1.29, 1.82) is 0 Å². The zero-order chi connectivity index (χ0) is 20.5. The maximum atomic E-state index is 12.6. The number of pyridine rings is 1. The van der Waals surface area contributed by atoms with Crippen molar-refractivity contribution in [2.75, 3.05) is 19.5 Å². The highest BCUT2D eigenvalue weighted by atomic mass is 32.1. The Morgan fingerprint density at radius 1 is 1.17 bits per heavy atom. The molecule has 29 heavy (non-hydrogen) atoms. The van der Waals surface area contributed by atoms with Crippen LogP contribution in [0.1, 0.15) is 16.2 Å². The van der Waals surface area contributed by atoms with E-state index in [1.807, 2.05) is 38.2 Å². The first-order valence-corrected chi connectivity index (χ1v) is 9.66. The fourth-order valence-corrected chi connectivity index (χ4v) is 3.85. The van der Waals surface area contributed by atoms with Gasteiger partial charge in [0.2, 0.25) is 0 Å². The molecule has 3 aromatic heterocycles. The van der Waals surface area contributed by atoms with E-state index in [-0.39, 0.29) is 5.91 Å². The molecule has 0 aliphatic carbocycles. The second kappa shape index (κ2) is 7.51. The van der Waals surface area contributed by atoms with Crippen LogP contribution < -0.4 is 14.8 Å². The highest BCUT2D eigenvalue weighted by Crippen LogP contribution is 2.33. The number of fused-ring (bicyclic) bond motifs is 1. The Hall–Kier alpha value is -3.46. The van der Waals surface area contributed by atoms with Gasteiger partial charge in [-0.05, 0) is 31.2 Å². The third kappa shape index (κ3) is 3.52. The van der Waals surface area contributed by atoms with Gasteiger partial charge in [0.25, 0.3) is 5.91 Å². The van der Waals surface area contributed by atoms with Gasteiger partial charge in [0.05, 0.1) is 31.8 Å². The molecule has 0 aliphatic heterocycles. The van der Waals surface area contributed by atoms with Gasteiger partial charge in [0.15, 0.2) is 17.1 Å². The number of amides is 1. The predicted molar refractivity (Wildman–Crippen MR) is 112 cm³/mol. The van der Waals surface area contributed by atoms with Gasteiger partial charge in [-0.15, -0.1) is 11.3 Å². The number of carbonyl (C=O) groups is 1. The summed E-state index contributed by atoms with van der Waals surface area (Å²) < 4.78 is 12.3. The van der Waals surface area contributed by atoms with Crippen LogP contribution in [0, 0.1) is 6.92 Å². The summed E-state index contributed by atoms with van der Waals surface area (Å²) in [6.45, 7) is 1.91. The number of aromatic nitrogens is 4. The van der Waals surface area contributed by atoms with E-state index in [0.717, 1.165) is 22.3 Å². The van der Waals surface area contributed by atoms with Crippen molar-refractivity contribution < 1.29 is 14.3 Å². The van der Waals surface area contributed by atoms with Crippen LogP contribution >= 0.6 is 11.3 Å². The lowest BCUT2D eigenvalue weighted by atomic mass is 10.2. The molecule has 0 aliphatic rings. The number of carbonyl (C=O) groups excluding carboxylic acids is 1. The summed E-state index contributed by atoms with van der Waals surface area (Å²) in [5.41, 5.74) is 3.41. The third-order valence-corrected chi connectivity index (χ3v) is 5.38. The molecule has 0 bridgehead atoms. The molecule has 148 valence electrons. The van der Waals surface area contributed by atoms with Gasteiger partial charge in [-0.3, -0.25) is 9.48 Å². The highest BCUT2D eigenvalue weighted by molar-refractivity contribution is 7.13. The summed E-state index contributed by atoms with van der Waals surface area (Å²) in [6, 6.07) is 7.39. The van der Waals surface area contributed by atoms with Crippen LogP contribution in [0.25, 0.3) is 21.6 Å². The fourth-order valence-electron chi connectivity index (χ4n) is 3.05. The molecule has 0 unspecified atom stereocenters. The van der Waals surface area contributed by atoms with Crippen LogP contribution in [0.15, 0.2) is 35.8 Å². The Balaban J connectivity index is 1.56. The molecule has 3 heterocycles. The van der Waals surface area contributed by atoms with Crippen molar-refractivity contribution in [3.63, 3.8) is 0 Å². The second-order valence-corrected chi connectivity index (χ2v) is 7.22. The molecule has 4 rings (SSSR count). The number of methoxy groups -OCH3 is 2. The first-order chi connectivity index (χ1) is 14.0. The van der Waals surface area contributed by atoms with Crippen LogP contribution in [-0.4, -0.2) is 39.9 Å². The van der Waals surface area contributed by atoms with Crippen LogP contribution in [0.3, 0.4) is 0 Å². The molecular weight excluding hydrogens is 390 g/mol. The first kappa shape index (κ1) is 18.9. The number of hydrogen-bond donors (Lipinski definition) is 1. The number of aryl methyl sites for hydroxylation is 2. The van der Waals surface area contributed by atoms with Crippen molar-refractivity contribution in [1.82, 2.24) is 19.7 Å². The molecule has 9 heteroatoms. The third-order valence-electron chi connectivity index (χ3n) is 4.49. The summed E-state index contributed by atoms with van der Waals surface area (Å²) in [6.07, 6.45) is 1.61. The number of thiazole rings is 1. The zero-order valence-corrected chi connectivity index (χ0v) is 17.2. The Morgan fingerprint density at radius 2 is 1.97 bits per heavy atom. The largest absolute Gasteiger partial charge is 0.493 e. The number of hydrogen-bond acceptors (Lipinski definition) is 7. The Morgan fingerprint density at radius 3 is 2.72 bits per heavy atom. The fraction of sp³-hybridized carbons (Fsp3) is 0.200. The van der Waals surface area contributed by atoms with E-state index < -0.39 is 0 Å². The van der Waals surface area contributed by atoms with Crippen LogP contribution in [0.2, 0.25) is 0 Å². The number of nitrogens with zero attached hydrogens (tertiary/aromatic N) is 4. The highest BCUT2D eigenvalue weighted by Gasteiger charge is 2.15. The van der Waals surface area contributed by atoms with Crippen molar-refractivity contribution in [2.24, 2.45) is 7.05 Å². The molecule has 8 nitrogen and oxygen atoms in total. The normalized spacial score (nSPS) is 10.9. The Bertz CT molecular complexity index is 1210. The van der Waals surface area contributed by atoms with Gasteiger partial charge in [-0.25, -0.2) is 9.97 Å². The number of benzene rings is 1. The second-order valence-electron chi connectivity index (χ2n) is 6.37. The standard InChI is InChI=1S/C20H19N5O3S/c1-11-14-8-13(9-21-18(14)25(2)24-11)22-19(26)15-10-29-20(23-15)12-5-6-16(27-3)17(7-12)28-4/h5-10H,1-4H3,(H,22,26). The summed E-state index contributed by atoms with van der Waals surface area (Å²) in [4.78, 5) is 21.5. The van der Waals surface area contributed by atoms with Crippen molar-refractivity contribution in [3.05, 3.63) is 47.2 Å². The molecule has 0 saturated heterocycles. The summed E-state index contributed by atoms with van der Waals surface area (Å²) in [5.74, 6) is 0.951. The molecule has 0 fully saturated rings. The molecule has 1 amide bonds. The molecule has 1 N–H and O–H groups in total. The van der Waals surface area contributed by atoms with Gasteiger partial charge in [0.1, 0.15) is 10.7 Å². The summed E-state index contributed by atoms with van der Waals surface area (Å²) in [7, 11) is 5.01. The first-order valence-electron chi connectivity index (χ1n) is 8.78. The minimum atomic E-state index is -0.296. The smallest absolute Gasteiger partial charge is 0.275 e. The van der Waals surface area contributed by atoms with Crippen LogP contribution in [-0.2, 0) is 7.05 Å². The number of nitrogens with one attached hydrogen (secondary N) is 1. The van der Waals surface area contributed by atoms with Gasteiger partial charge in [0, 0.05) is 23.4 Å². The number of anilines is 1. The van der Waals surface area contributed by atoms with Crippen LogP contribution in [0.5, 0.6) is 11.5 Å². The van der Waals surface area contributed by atoms with E-state index in [9.17, 15) is 4.79 Å². The Kier molecular flexibility index (Phi) is 4.89. The lowest BCUT2D eigenvalue weighted by Crippen LogP contribution is -2.12. The van der Waals surface area contributed by atoms with E-state index in [1.54, 1.807) is 30.5 Å². The topological polar surface area (TPSA) is 91.2 Å². The monoisotopic (exact) mass is 409 g/mol. The molecule has 0 saturated carbocycles. The van der Waals surface area contributed by atoms with Crippen LogP contribution in [0.4, 0.5) is 5.69 Å². The van der Waals surface area contributed by atoms with Gasteiger partial charge in [-0.2, -0.15) is 5.10 Å². The molecule has 0 spiro atoms. The summed E-state index contributed by atoms with van der Waals surface area (Å²) >= 11 is 1.39. The minimum absolute atomic E-state index is 0.296. The maximum Gasteiger partial charge on any atom is 0.275 e. The lowest BCUT2D eigenvalue weighted by Gasteiger charge is -2.08.